The first kappa shape index (κ1) is 16.1. The Morgan fingerprint density at radius 1 is 0.875 bits per heavy atom. The number of benzene rings is 3. The predicted octanol–water partition coefficient (Wildman–Crippen LogP) is 5.56. The number of hydrogen-bond acceptors (Lipinski definition) is 3. The Balaban J connectivity index is 1.66. The van der Waals surface area contributed by atoms with Crippen LogP contribution in [-0.4, -0.2) is 5.11 Å². The summed E-state index contributed by atoms with van der Waals surface area (Å²) in [5.41, 5.74) is 0.902. The normalized spacial score (nSPS) is 10.4. The highest BCUT2D eigenvalue weighted by molar-refractivity contribution is 6.32. The minimum atomic E-state index is -0.308. The van der Waals surface area contributed by atoms with Gasteiger partial charge in [-0.1, -0.05) is 23.7 Å². The molecule has 0 amide bonds. The molecule has 0 unspecified atom stereocenters. The van der Waals surface area contributed by atoms with Gasteiger partial charge in [0.2, 0.25) is 0 Å². The zero-order valence-corrected chi connectivity index (χ0v) is 13.3. The molecule has 1 N–H and O–H groups in total. The summed E-state index contributed by atoms with van der Waals surface area (Å²) in [5, 5.41) is 9.63. The fourth-order valence-corrected chi connectivity index (χ4v) is 2.25. The number of halogens is 2. The molecule has 0 saturated carbocycles. The highest BCUT2D eigenvalue weighted by Crippen LogP contribution is 2.28. The predicted molar refractivity (Wildman–Crippen MR) is 90.4 cm³/mol. The van der Waals surface area contributed by atoms with Crippen LogP contribution >= 0.6 is 11.6 Å². The van der Waals surface area contributed by atoms with E-state index in [2.05, 4.69) is 0 Å². The van der Waals surface area contributed by atoms with Gasteiger partial charge in [0.25, 0.3) is 0 Å². The topological polar surface area (TPSA) is 38.7 Å². The third kappa shape index (κ3) is 4.18. The Hall–Kier alpha value is -2.72. The van der Waals surface area contributed by atoms with E-state index in [9.17, 15) is 9.50 Å². The molecule has 0 radical (unpaired) electrons. The standard InChI is InChI=1S/C19H14ClFO3/c20-18-11-16(8-9-19(18)22)23-12-13-2-1-3-17(10-13)24-15-6-4-14(21)5-7-15/h1-11,22H,12H2. The lowest BCUT2D eigenvalue weighted by molar-refractivity contribution is 0.305. The summed E-state index contributed by atoms with van der Waals surface area (Å²) < 4.78 is 24.2. The van der Waals surface area contributed by atoms with Gasteiger partial charge in [-0.25, -0.2) is 4.39 Å². The largest absolute Gasteiger partial charge is 0.506 e. The van der Waals surface area contributed by atoms with E-state index in [0.717, 1.165) is 5.56 Å². The lowest BCUT2D eigenvalue weighted by Crippen LogP contribution is -1.96. The van der Waals surface area contributed by atoms with Crippen LogP contribution < -0.4 is 9.47 Å². The molecule has 0 saturated heterocycles. The molecule has 24 heavy (non-hydrogen) atoms. The van der Waals surface area contributed by atoms with Gasteiger partial charge < -0.3 is 14.6 Å². The first-order valence-corrected chi connectivity index (χ1v) is 7.61. The SMILES string of the molecule is Oc1ccc(OCc2cccc(Oc3ccc(F)cc3)c2)cc1Cl. The molecule has 0 fully saturated rings. The number of hydrogen-bond donors (Lipinski definition) is 1. The summed E-state index contributed by atoms with van der Waals surface area (Å²) in [6, 6.07) is 17.9. The molecule has 0 heterocycles. The fourth-order valence-electron chi connectivity index (χ4n) is 2.08. The third-order valence-electron chi connectivity index (χ3n) is 3.27. The van der Waals surface area contributed by atoms with E-state index in [-0.39, 0.29) is 16.6 Å². The van der Waals surface area contributed by atoms with E-state index in [0.29, 0.717) is 23.9 Å². The Morgan fingerprint density at radius 2 is 1.62 bits per heavy atom. The number of ether oxygens (including phenoxy) is 2. The van der Waals surface area contributed by atoms with Gasteiger partial charge in [-0.3, -0.25) is 0 Å². The molecule has 0 spiro atoms. The van der Waals surface area contributed by atoms with Crippen molar-refractivity contribution < 1.29 is 19.0 Å². The Kier molecular flexibility index (Phi) is 4.87. The van der Waals surface area contributed by atoms with Crippen molar-refractivity contribution in [3.63, 3.8) is 0 Å². The molecular weight excluding hydrogens is 331 g/mol. The van der Waals surface area contributed by atoms with E-state index in [1.807, 2.05) is 24.3 Å². The molecule has 0 aliphatic carbocycles. The summed E-state index contributed by atoms with van der Waals surface area (Å²) in [5.74, 6) is 1.45. The third-order valence-corrected chi connectivity index (χ3v) is 3.58. The summed E-state index contributed by atoms with van der Waals surface area (Å²) in [6.45, 7) is 0.321. The van der Waals surface area contributed by atoms with Crippen molar-refractivity contribution in [1.29, 1.82) is 0 Å². The molecular formula is C19H14ClFO3. The van der Waals surface area contributed by atoms with E-state index >= 15 is 0 Å². The quantitative estimate of drug-likeness (QED) is 0.659. The number of rotatable bonds is 5. The Morgan fingerprint density at radius 3 is 2.38 bits per heavy atom. The zero-order valence-electron chi connectivity index (χ0n) is 12.6. The number of aromatic hydroxyl groups is 1. The maximum atomic E-state index is 12.9. The minimum Gasteiger partial charge on any atom is -0.506 e. The van der Waals surface area contributed by atoms with Crippen LogP contribution in [-0.2, 0) is 6.61 Å². The average Bonchev–Trinajstić information content (AvgIpc) is 2.58. The highest BCUT2D eigenvalue weighted by Gasteiger charge is 2.03. The van der Waals surface area contributed by atoms with Gasteiger partial charge >= 0.3 is 0 Å². The van der Waals surface area contributed by atoms with E-state index in [4.69, 9.17) is 21.1 Å². The van der Waals surface area contributed by atoms with Crippen LogP contribution in [0, 0.1) is 5.82 Å². The summed E-state index contributed by atoms with van der Waals surface area (Å²) in [4.78, 5) is 0. The number of phenols is 1. The molecule has 3 aromatic rings. The maximum absolute atomic E-state index is 12.9. The molecule has 3 aromatic carbocycles. The molecule has 0 aromatic heterocycles. The van der Waals surface area contributed by atoms with Crippen molar-refractivity contribution in [1.82, 2.24) is 0 Å². The van der Waals surface area contributed by atoms with Crippen molar-refractivity contribution in [2.45, 2.75) is 6.61 Å². The zero-order chi connectivity index (χ0) is 16.9. The van der Waals surface area contributed by atoms with Gasteiger partial charge in [0, 0.05) is 6.07 Å². The molecule has 3 rings (SSSR count). The molecule has 0 aliphatic rings. The van der Waals surface area contributed by atoms with Crippen molar-refractivity contribution in [2.75, 3.05) is 0 Å². The fraction of sp³-hybridized carbons (Fsp3) is 0.0526. The smallest absolute Gasteiger partial charge is 0.134 e. The van der Waals surface area contributed by atoms with E-state index < -0.39 is 0 Å². The number of phenolic OH excluding ortho intramolecular Hbond substituents is 1. The average molecular weight is 345 g/mol. The van der Waals surface area contributed by atoms with Crippen LogP contribution in [0.25, 0.3) is 0 Å². The van der Waals surface area contributed by atoms with Crippen LogP contribution in [0.3, 0.4) is 0 Å². The molecule has 0 bridgehead atoms. The maximum Gasteiger partial charge on any atom is 0.134 e. The van der Waals surface area contributed by atoms with Crippen LogP contribution in [0.2, 0.25) is 5.02 Å². The van der Waals surface area contributed by atoms with Crippen LogP contribution in [0.15, 0.2) is 66.7 Å². The van der Waals surface area contributed by atoms with E-state index in [1.165, 1.54) is 18.2 Å². The monoisotopic (exact) mass is 344 g/mol. The van der Waals surface area contributed by atoms with Crippen molar-refractivity contribution in [2.24, 2.45) is 0 Å². The lowest BCUT2D eigenvalue weighted by Gasteiger charge is -2.10. The van der Waals surface area contributed by atoms with Gasteiger partial charge in [0.05, 0.1) is 5.02 Å². The van der Waals surface area contributed by atoms with Gasteiger partial charge in [-0.05, 0) is 54.1 Å². The second-order valence-corrected chi connectivity index (χ2v) is 5.51. The second-order valence-electron chi connectivity index (χ2n) is 5.11. The second kappa shape index (κ2) is 7.23. The first-order valence-electron chi connectivity index (χ1n) is 7.24. The van der Waals surface area contributed by atoms with Gasteiger partial charge in [0.1, 0.15) is 35.4 Å². The minimum absolute atomic E-state index is 0.0127. The molecule has 0 aliphatic heterocycles. The van der Waals surface area contributed by atoms with Crippen molar-refractivity contribution >= 4 is 11.6 Å². The summed E-state index contributed by atoms with van der Waals surface area (Å²) >= 11 is 5.85. The summed E-state index contributed by atoms with van der Waals surface area (Å²) in [7, 11) is 0. The Bertz CT molecular complexity index is 834. The van der Waals surface area contributed by atoms with Crippen LogP contribution in [0.4, 0.5) is 4.39 Å². The van der Waals surface area contributed by atoms with Gasteiger partial charge in [-0.15, -0.1) is 0 Å². The molecule has 0 atom stereocenters. The lowest BCUT2D eigenvalue weighted by atomic mass is 10.2. The van der Waals surface area contributed by atoms with Crippen LogP contribution in [0.5, 0.6) is 23.0 Å². The van der Waals surface area contributed by atoms with E-state index in [1.54, 1.807) is 24.3 Å². The van der Waals surface area contributed by atoms with Gasteiger partial charge in [0.15, 0.2) is 0 Å². The molecule has 5 heteroatoms. The van der Waals surface area contributed by atoms with Crippen LogP contribution in [0.1, 0.15) is 5.56 Å². The summed E-state index contributed by atoms with van der Waals surface area (Å²) in [6.07, 6.45) is 0. The highest BCUT2D eigenvalue weighted by atomic mass is 35.5. The molecule has 122 valence electrons. The van der Waals surface area contributed by atoms with Gasteiger partial charge in [-0.2, -0.15) is 0 Å². The first-order chi connectivity index (χ1) is 11.6. The Labute approximate surface area is 143 Å². The molecule has 3 nitrogen and oxygen atoms in total. The van der Waals surface area contributed by atoms with Crippen molar-refractivity contribution in [3.05, 3.63) is 83.1 Å². The van der Waals surface area contributed by atoms with Crippen molar-refractivity contribution in [3.8, 4) is 23.0 Å².